The number of pyridine rings is 1. The van der Waals surface area contributed by atoms with Gasteiger partial charge in [0.05, 0.1) is 17.7 Å². The maximum Gasteiger partial charge on any atom is 0.252 e. The van der Waals surface area contributed by atoms with Gasteiger partial charge in [0.2, 0.25) is 5.91 Å². The molecule has 2 aromatic carbocycles. The van der Waals surface area contributed by atoms with Crippen LogP contribution < -0.4 is 10.6 Å². The number of nitrogens with zero attached hydrogens (tertiary/aromatic N) is 1. The third-order valence-corrected chi connectivity index (χ3v) is 4.01. The fourth-order valence-electron chi connectivity index (χ4n) is 2.63. The van der Waals surface area contributed by atoms with E-state index < -0.39 is 24.5 Å². The van der Waals surface area contributed by atoms with Crippen LogP contribution in [0.5, 0.6) is 0 Å². The Kier molecular flexibility index (Phi) is 5.56. The van der Waals surface area contributed by atoms with Gasteiger partial charge in [-0.15, -0.1) is 0 Å². The topological polar surface area (TPSA) is 91.3 Å². The Labute approximate surface area is 150 Å². The van der Waals surface area contributed by atoms with Crippen molar-refractivity contribution in [2.24, 2.45) is 0 Å². The summed E-state index contributed by atoms with van der Waals surface area (Å²) in [7, 11) is 0. The third-order valence-electron chi connectivity index (χ3n) is 4.01. The van der Waals surface area contributed by atoms with E-state index in [1.807, 2.05) is 48.5 Å². The number of hydrogen-bond acceptors (Lipinski definition) is 4. The first-order valence-electron chi connectivity index (χ1n) is 8.26. The molecular formula is C20H19N3O3. The third kappa shape index (κ3) is 4.04. The van der Waals surface area contributed by atoms with Crippen LogP contribution in [0, 0.1) is 0 Å². The van der Waals surface area contributed by atoms with Crippen molar-refractivity contribution in [3.05, 3.63) is 78.0 Å². The Bertz CT molecular complexity index is 907. The summed E-state index contributed by atoms with van der Waals surface area (Å²) in [5, 5.41) is 15.5. The van der Waals surface area contributed by atoms with Crippen molar-refractivity contribution in [1.82, 2.24) is 15.6 Å². The van der Waals surface area contributed by atoms with Crippen molar-refractivity contribution < 1.29 is 14.7 Å². The van der Waals surface area contributed by atoms with Gasteiger partial charge in [-0.2, -0.15) is 0 Å². The summed E-state index contributed by atoms with van der Waals surface area (Å²) in [6, 6.07) is 17.2. The van der Waals surface area contributed by atoms with Crippen molar-refractivity contribution in [2.45, 2.75) is 12.6 Å². The summed E-state index contributed by atoms with van der Waals surface area (Å²) in [5.41, 5.74) is 2.03. The predicted octanol–water partition coefficient (Wildman–Crippen LogP) is 1.64. The van der Waals surface area contributed by atoms with Gasteiger partial charge in [-0.3, -0.25) is 14.6 Å². The highest BCUT2D eigenvalue weighted by atomic mass is 16.3. The minimum absolute atomic E-state index is 0.324. The second kappa shape index (κ2) is 8.22. The fourth-order valence-corrected chi connectivity index (χ4v) is 2.63. The van der Waals surface area contributed by atoms with Crippen molar-refractivity contribution >= 4 is 22.7 Å². The predicted molar refractivity (Wildman–Crippen MR) is 98.4 cm³/mol. The summed E-state index contributed by atoms with van der Waals surface area (Å²) >= 11 is 0. The Morgan fingerprint density at radius 1 is 1.00 bits per heavy atom. The number of aliphatic hydroxyl groups is 1. The molecule has 0 fully saturated rings. The Morgan fingerprint density at radius 2 is 1.73 bits per heavy atom. The molecule has 0 spiro atoms. The molecule has 3 N–H and O–H groups in total. The highest BCUT2D eigenvalue weighted by Crippen LogP contribution is 2.16. The van der Waals surface area contributed by atoms with E-state index in [9.17, 15) is 14.7 Å². The van der Waals surface area contributed by atoms with Crippen molar-refractivity contribution in [3.8, 4) is 0 Å². The maximum absolute atomic E-state index is 12.6. The van der Waals surface area contributed by atoms with E-state index in [-0.39, 0.29) is 0 Å². The number of para-hydroxylation sites is 1. The largest absolute Gasteiger partial charge is 0.394 e. The number of amides is 2. The molecule has 3 rings (SSSR count). The molecule has 1 atom stereocenters. The molecule has 6 heteroatoms. The van der Waals surface area contributed by atoms with Crippen LogP contribution in [0.15, 0.2) is 66.9 Å². The number of benzene rings is 2. The quantitative estimate of drug-likeness (QED) is 0.631. The second-order valence-corrected chi connectivity index (χ2v) is 5.79. The smallest absolute Gasteiger partial charge is 0.252 e. The molecular weight excluding hydrogens is 330 g/mol. The van der Waals surface area contributed by atoms with E-state index in [0.717, 1.165) is 5.56 Å². The lowest BCUT2D eigenvalue weighted by molar-refractivity contribution is -0.124. The Hall–Kier alpha value is -3.25. The first-order valence-corrected chi connectivity index (χ1v) is 8.26. The van der Waals surface area contributed by atoms with Crippen LogP contribution in [0.1, 0.15) is 15.9 Å². The number of fused-ring (bicyclic) bond motifs is 1. The van der Waals surface area contributed by atoms with Gasteiger partial charge in [0.25, 0.3) is 5.91 Å². The first-order chi connectivity index (χ1) is 12.7. The number of aliphatic hydroxyl groups excluding tert-OH is 1. The molecule has 0 aliphatic heterocycles. The molecule has 0 aliphatic carbocycles. The lowest BCUT2D eigenvalue weighted by atomic mass is 10.1. The maximum atomic E-state index is 12.6. The number of carbonyl (C=O) groups excluding carboxylic acids is 2. The minimum atomic E-state index is -1.03. The average Bonchev–Trinajstić information content (AvgIpc) is 2.70. The normalized spacial score (nSPS) is 11.7. The zero-order valence-electron chi connectivity index (χ0n) is 14.1. The van der Waals surface area contributed by atoms with E-state index in [4.69, 9.17) is 0 Å². The number of aromatic nitrogens is 1. The van der Waals surface area contributed by atoms with Crippen LogP contribution in [0.3, 0.4) is 0 Å². The van der Waals surface area contributed by atoms with Crippen LogP contribution in [-0.4, -0.2) is 34.6 Å². The summed E-state index contributed by atoms with van der Waals surface area (Å²) in [6.07, 6.45) is 1.54. The average molecular weight is 349 g/mol. The zero-order valence-corrected chi connectivity index (χ0v) is 14.1. The molecule has 0 aliphatic rings. The summed E-state index contributed by atoms with van der Waals surface area (Å²) < 4.78 is 0. The molecule has 6 nitrogen and oxygen atoms in total. The summed E-state index contributed by atoms with van der Waals surface area (Å²) in [5.74, 6) is -0.874. The molecule has 2 amide bonds. The highest BCUT2D eigenvalue weighted by Gasteiger charge is 2.21. The van der Waals surface area contributed by atoms with E-state index in [0.29, 0.717) is 23.0 Å². The summed E-state index contributed by atoms with van der Waals surface area (Å²) in [4.78, 5) is 29.1. The number of nitrogens with one attached hydrogen (secondary N) is 2. The van der Waals surface area contributed by atoms with Crippen molar-refractivity contribution in [2.75, 3.05) is 6.61 Å². The van der Waals surface area contributed by atoms with E-state index >= 15 is 0 Å². The lowest BCUT2D eigenvalue weighted by Crippen LogP contribution is -2.48. The van der Waals surface area contributed by atoms with Gasteiger partial charge in [0.15, 0.2) is 0 Å². The number of rotatable bonds is 6. The molecule has 132 valence electrons. The van der Waals surface area contributed by atoms with Gasteiger partial charge in [0.1, 0.15) is 6.04 Å². The van der Waals surface area contributed by atoms with Crippen LogP contribution >= 0.6 is 0 Å². The van der Waals surface area contributed by atoms with Crippen LogP contribution in [-0.2, 0) is 11.3 Å². The molecule has 26 heavy (non-hydrogen) atoms. The lowest BCUT2D eigenvalue weighted by Gasteiger charge is -2.17. The van der Waals surface area contributed by atoms with E-state index in [2.05, 4.69) is 15.6 Å². The monoisotopic (exact) mass is 349 g/mol. The molecule has 0 bridgehead atoms. The van der Waals surface area contributed by atoms with Gasteiger partial charge in [-0.05, 0) is 17.7 Å². The van der Waals surface area contributed by atoms with Gasteiger partial charge >= 0.3 is 0 Å². The second-order valence-electron chi connectivity index (χ2n) is 5.79. The van der Waals surface area contributed by atoms with Crippen molar-refractivity contribution in [1.29, 1.82) is 0 Å². The molecule has 0 unspecified atom stereocenters. The van der Waals surface area contributed by atoms with E-state index in [1.165, 1.54) is 0 Å². The minimum Gasteiger partial charge on any atom is -0.394 e. The number of carbonyl (C=O) groups is 2. The Morgan fingerprint density at radius 3 is 2.50 bits per heavy atom. The molecule has 1 aromatic heterocycles. The molecule has 0 radical (unpaired) electrons. The molecule has 1 heterocycles. The molecule has 0 saturated carbocycles. The van der Waals surface area contributed by atoms with Crippen LogP contribution in [0.2, 0.25) is 0 Å². The summed E-state index contributed by atoms with van der Waals surface area (Å²) in [6.45, 7) is -0.167. The van der Waals surface area contributed by atoms with Gasteiger partial charge in [-0.25, -0.2) is 0 Å². The van der Waals surface area contributed by atoms with E-state index in [1.54, 1.807) is 18.3 Å². The molecule has 0 saturated heterocycles. The Balaban J connectivity index is 1.68. The standard InChI is InChI=1S/C20H19N3O3/c24-13-18(20(26)22-12-14-6-2-1-3-7-14)23-19(25)16-10-11-21-17-9-5-4-8-15(16)17/h1-11,18,24H,12-13H2,(H,22,26)(H,23,25)/t18-/m0/s1. The highest BCUT2D eigenvalue weighted by molar-refractivity contribution is 6.07. The van der Waals surface area contributed by atoms with Crippen LogP contribution in [0.25, 0.3) is 10.9 Å². The van der Waals surface area contributed by atoms with Crippen molar-refractivity contribution in [3.63, 3.8) is 0 Å². The van der Waals surface area contributed by atoms with Gasteiger partial charge in [0, 0.05) is 18.1 Å². The zero-order chi connectivity index (χ0) is 18.4. The van der Waals surface area contributed by atoms with Gasteiger partial charge < -0.3 is 15.7 Å². The molecule has 3 aromatic rings. The first kappa shape index (κ1) is 17.6. The van der Waals surface area contributed by atoms with Gasteiger partial charge in [-0.1, -0.05) is 48.5 Å². The van der Waals surface area contributed by atoms with Crippen LogP contribution in [0.4, 0.5) is 0 Å². The SMILES string of the molecule is O=C(N[C@@H](CO)C(=O)NCc1ccccc1)c1ccnc2ccccc12. The number of hydrogen-bond donors (Lipinski definition) is 3. The fraction of sp³-hybridized carbons (Fsp3) is 0.150.